The third-order valence-corrected chi connectivity index (χ3v) is 5.90. The highest BCUT2D eigenvalue weighted by Crippen LogP contribution is 2.12. The molecule has 0 amide bonds. The predicted octanol–water partition coefficient (Wildman–Crippen LogP) is 8.89. The Morgan fingerprint density at radius 3 is 1.13 bits per heavy atom. The zero-order valence-electron chi connectivity index (χ0n) is 19.5. The van der Waals surface area contributed by atoms with E-state index in [4.69, 9.17) is 0 Å². The molecule has 30 heavy (non-hydrogen) atoms. The highest BCUT2D eigenvalue weighted by atomic mass is 14.0. The lowest BCUT2D eigenvalue weighted by molar-refractivity contribution is 0.607. The molecule has 2 aromatic rings. The van der Waals surface area contributed by atoms with Gasteiger partial charge in [0.25, 0.3) is 0 Å². The lowest BCUT2D eigenvalue weighted by atomic mass is 10.0. The van der Waals surface area contributed by atoms with E-state index in [1.54, 1.807) is 0 Å². The smallest absolute Gasteiger partial charge is 0.0249 e. The average molecular weight is 403 g/mol. The molecule has 0 aliphatic carbocycles. The Labute approximate surface area is 186 Å². The van der Waals surface area contributed by atoms with Gasteiger partial charge in [0.15, 0.2) is 0 Å². The molecule has 0 fully saturated rings. The van der Waals surface area contributed by atoms with Gasteiger partial charge in [-0.3, -0.25) is 0 Å². The number of hydrogen-bond donors (Lipinski definition) is 0. The van der Waals surface area contributed by atoms with E-state index in [-0.39, 0.29) is 0 Å². The molecule has 0 saturated carbocycles. The van der Waals surface area contributed by atoms with E-state index in [2.05, 4.69) is 74.2 Å². The Hall–Kier alpha value is -2.00. The SMILES string of the molecule is CCCCCCCCc1ccc(C#Cc2ccc(CCCCCCCC)cc2)cc1. The second-order valence-electron chi connectivity index (χ2n) is 8.68. The quantitative estimate of drug-likeness (QED) is 0.218. The first kappa shape index (κ1) is 24.3. The molecule has 0 spiro atoms. The van der Waals surface area contributed by atoms with Crippen molar-refractivity contribution in [3.63, 3.8) is 0 Å². The fraction of sp³-hybridized carbons (Fsp3) is 0.533. The van der Waals surface area contributed by atoms with Crippen molar-refractivity contribution in [2.75, 3.05) is 0 Å². The first-order valence-electron chi connectivity index (χ1n) is 12.5. The molecule has 0 unspecified atom stereocenters. The van der Waals surface area contributed by atoms with Gasteiger partial charge in [0, 0.05) is 11.1 Å². The fourth-order valence-electron chi connectivity index (χ4n) is 3.87. The molecular weight excluding hydrogens is 360 g/mol. The maximum Gasteiger partial charge on any atom is 0.0249 e. The van der Waals surface area contributed by atoms with Crippen molar-refractivity contribution in [3.05, 3.63) is 70.8 Å². The summed E-state index contributed by atoms with van der Waals surface area (Å²) in [6.45, 7) is 4.55. The second kappa shape index (κ2) is 15.8. The normalized spacial score (nSPS) is 10.6. The summed E-state index contributed by atoms with van der Waals surface area (Å²) < 4.78 is 0. The molecule has 0 radical (unpaired) electrons. The maximum atomic E-state index is 3.32. The van der Waals surface area contributed by atoms with E-state index < -0.39 is 0 Å². The van der Waals surface area contributed by atoms with Gasteiger partial charge in [-0.2, -0.15) is 0 Å². The molecule has 0 nitrogen and oxygen atoms in total. The van der Waals surface area contributed by atoms with E-state index in [9.17, 15) is 0 Å². The Morgan fingerprint density at radius 1 is 0.433 bits per heavy atom. The van der Waals surface area contributed by atoms with Gasteiger partial charge < -0.3 is 0 Å². The molecule has 0 bridgehead atoms. The standard InChI is InChI=1S/C30H42/c1-3-5-7-9-11-13-15-27-17-21-29(22-18-27)25-26-30-23-19-28(20-24-30)16-14-12-10-8-6-4-2/h17-24H,3-16H2,1-2H3. The predicted molar refractivity (Wildman–Crippen MR) is 133 cm³/mol. The Bertz CT molecular complexity index is 661. The summed E-state index contributed by atoms with van der Waals surface area (Å²) in [5.41, 5.74) is 5.10. The topological polar surface area (TPSA) is 0 Å². The van der Waals surface area contributed by atoms with E-state index >= 15 is 0 Å². The van der Waals surface area contributed by atoms with Gasteiger partial charge in [0.2, 0.25) is 0 Å². The molecule has 0 heterocycles. The van der Waals surface area contributed by atoms with Gasteiger partial charge in [-0.05, 0) is 61.1 Å². The van der Waals surface area contributed by atoms with Gasteiger partial charge in [0.1, 0.15) is 0 Å². The van der Waals surface area contributed by atoms with Crippen molar-refractivity contribution < 1.29 is 0 Å². The van der Waals surface area contributed by atoms with Crippen LogP contribution in [0.4, 0.5) is 0 Å². The number of hydrogen-bond acceptors (Lipinski definition) is 0. The summed E-state index contributed by atoms with van der Waals surface area (Å²) >= 11 is 0. The van der Waals surface area contributed by atoms with Crippen LogP contribution in [-0.4, -0.2) is 0 Å². The first-order valence-corrected chi connectivity index (χ1v) is 12.5. The van der Waals surface area contributed by atoms with Gasteiger partial charge in [0.05, 0.1) is 0 Å². The molecule has 0 aliphatic heterocycles. The highest BCUT2D eigenvalue weighted by Gasteiger charge is 1.97. The maximum absolute atomic E-state index is 3.32. The molecular formula is C30H42. The zero-order valence-corrected chi connectivity index (χ0v) is 19.5. The van der Waals surface area contributed by atoms with Gasteiger partial charge >= 0.3 is 0 Å². The van der Waals surface area contributed by atoms with Crippen molar-refractivity contribution in [2.45, 2.75) is 104 Å². The number of benzene rings is 2. The third kappa shape index (κ3) is 10.7. The zero-order chi connectivity index (χ0) is 21.3. The van der Waals surface area contributed by atoms with Crippen LogP contribution in [-0.2, 0) is 12.8 Å². The summed E-state index contributed by atoms with van der Waals surface area (Å²) in [7, 11) is 0. The molecule has 0 saturated heterocycles. The third-order valence-electron chi connectivity index (χ3n) is 5.90. The van der Waals surface area contributed by atoms with Gasteiger partial charge in [-0.25, -0.2) is 0 Å². The van der Waals surface area contributed by atoms with Crippen LogP contribution in [0.3, 0.4) is 0 Å². The van der Waals surface area contributed by atoms with E-state index in [1.165, 1.54) is 101 Å². The molecule has 162 valence electrons. The molecule has 0 atom stereocenters. The van der Waals surface area contributed by atoms with Crippen molar-refractivity contribution >= 4 is 0 Å². The van der Waals surface area contributed by atoms with Crippen LogP contribution in [0.15, 0.2) is 48.5 Å². The summed E-state index contributed by atoms with van der Waals surface area (Å²) in [4.78, 5) is 0. The second-order valence-corrected chi connectivity index (χ2v) is 8.68. The van der Waals surface area contributed by atoms with Crippen LogP contribution in [0.5, 0.6) is 0 Å². The number of aryl methyl sites for hydroxylation is 2. The van der Waals surface area contributed by atoms with Gasteiger partial charge in [-0.1, -0.05) is 114 Å². The Balaban J connectivity index is 1.70. The molecule has 2 aromatic carbocycles. The first-order chi connectivity index (χ1) is 14.8. The van der Waals surface area contributed by atoms with Gasteiger partial charge in [-0.15, -0.1) is 0 Å². The Morgan fingerprint density at radius 2 is 0.767 bits per heavy atom. The van der Waals surface area contributed by atoms with Crippen molar-refractivity contribution in [1.29, 1.82) is 0 Å². The van der Waals surface area contributed by atoms with E-state index in [0.29, 0.717) is 0 Å². The summed E-state index contributed by atoms with van der Waals surface area (Å²) in [6, 6.07) is 17.7. The highest BCUT2D eigenvalue weighted by molar-refractivity contribution is 5.44. The van der Waals surface area contributed by atoms with Crippen LogP contribution in [0.1, 0.15) is 113 Å². The molecule has 0 heteroatoms. The summed E-state index contributed by atoms with van der Waals surface area (Å²) in [6.07, 6.45) is 18.7. The molecule has 0 N–H and O–H groups in total. The van der Waals surface area contributed by atoms with Crippen molar-refractivity contribution in [1.82, 2.24) is 0 Å². The Kier molecular flexibility index (Phi) is 12.8. The van der Waals surface area contributed by atoms with Crippen molar-refractivity contribution in [2.24, 2.45) is 0 Å². The number of rotatable bonds is 14. The minimum absolute atomic E-state index is 1.11. The summed E-state index contributed by atoms with van der Waals surface area (Å²) in [5, 5.41) is 0. The monoisotopic (exact) mass is 402 g/mol. The summed E-state index contributed by atoms with van der Waals surface area (Å²) in [5.74, 6) is 6.64. The minimum Gasteiger partial charge on any atom is -0.0654 e. The van der Waals surface area contributed by atoms with E-state index in [1.807, 2.05) is 0 Å². The van der Waals surface area contributed by atoms with Crippen LogP contribution in [0.25, 0.3) is 0 Å². The van der Waals surface area contributed by atoms with Crippen LogP contribution in [0, 0.1) is 11.8 Å². The lowest BCUT2D eigenvalue weighted by Crippen LogP contribution is -1.87. The molecule has 0 aromatic heterocycles. The lowest BCUT2D eigenvalue weighted by Gasteiger charge is -2.03. The molecule has 0 aliphatic rings. The number of unbranched alkanes of at least 4 members (excludes halogenated alkanes) is 10. The fourth-order valence-corrected chi connectivity index (χ4v) is 3.87. The van der Waals surface area contributed by atoms with Crippen molar-refractivity contribution in [3.8, 4) is 11.8 Å². The largest absolute Gasteiger partial charge is 0.0654 e. The van der Waals surface area contributed by atoms with Crippen LogP contribution < -0.4 is 0 Å². The average Bonchev–Trinajstić information content (AvgIpc) is 2.79. The minimum atomic E-state index is 1.11. The van der Waals surface area contributed by atoms with Crippen LogP contribution in [0.2, 0.25) is 0 Å². The van der Waals surface area contributed by atoms with Crippen LogP contribution >= 0.6 is 0 Å². The molecule has 2 rings (SSSR count). The van der Waals surface area contributed by atoms with E-state index in [0.717, 1.165) is 11.1 Å².